The number of nitrogens with one attached hydrogen (secondary N) is 3. The van der Waals surface area contributed by atoms with E-state index in [2.05, 4.69) is 26.5 Å². The van der Waals surface area contributed by atoms with E-state index in [1.807, 2.05) is 6.07 Å². The minimum absolute atomic E-state index is 0.368. The molecule has 1 aliphatic heterocycles. The number of nitriles is 1. The molecule has 0 spiro atoms. The van der Waals surface area contributed by atoms with Gasteiger partial charge < -0.3 is 0 Å². The van der Waals surface area contributed by atoms with E-state index in [1.165, 1.54) is 23.6 Å². The summed E-state index contributed by atoms with van der Waals surface area (Å²) in [5.74, 6) is 0.871. The Balaban J connectivity index is 1.97. The lowest BCUT2D eigenvalue weighted by molar-refractivity contribution is 0.227. The van der Waals surface area contributed by atoms with Gasteiger partial charge in [-0.2, -0.15) is 5.26 Å². The molecule has 7 nitrogen and oxygen atoms in total. The summed E-state index contributed by atoms with van der Waals surface area (Å²) < 4.78 is 0. The Hall–Kier alpha value is -2.01. The number of rotatable bonds is 3. The largest absolute Gasteiger partial charge is 0.264 e. The molecule has 3 N–H and O–H groups in total. The molecule has 1 aliphatic rings. The topological polar surface area (TPSA) is 88.4 Å². The lowest BCUT2D eigenvalue weighted by atomic mass is 10.5. The van der Waals surface area contributed by atoms with Crippen LogP contribution in [0.15, 0.2) is 29.5 Å². The molecule has 18 heavy (non-hydrogen) atoms. The Bertz CT molecular complexity index is 548. The molecule has 92 valence electrons. The van der Waals surface area contributed by atoms with E-state index in [-0.39, 0.29) is 0 Å². The van der Waals surface area contributed by atoms with Crippen LogP contribution in [-0.4, -0.2) is 16.0 Å². The number of hydrazone groups is 1. The minimum Gasteiger partial charge on any atom is -0.264 e. The summed E-state index contributed by atoms with van der Waals surface area (Å²) in [6.07, 6.45) is 4.26. The van der Waals surface area contributed by atoms with Gasteiger partial charge in [-0.25, -0.2) is 10.5 Å². The minimum atomic E-state index is 0.368. The van der Waals surface area contributed by atoms with Crippen molar-refractivity contribution in [1.82, 2.24) is 21.2 Å². The SMILES string of the molecule is N#CC=CC1=NNN(Nc2ncc(Cl)cc2Cl)N1. The van der Waals surface area contributed by atoms with Crippen LogP contribution in [0.1, 0.15) is 0 Å². The van der Waals surface area contributed by atoms with Gasteiger partial charge in [-0.05, 0) is 17.4 Å². The van der Waals surface area contributed by atoms with Crippen molar-refractivity contribution in [2.75, 3.05) is 5.43 Å². The van der Waals surface area contributed by atoms with Crippen LogP contribution in [0.2, 0.25) is 10.0 Å². The number of amidine groups is 1. The van der Waals surface area contributed by atoms with Crippen LogP contribution < -0.4 is 16.4 Å². The average molecular weight is 284 g/mol. The van der Waals surface area contributed by atoms with Gasteiger partial charge in [-0.3, -0.25) is 10.9 Å². The molecular formula is C9H7Cl2N7. The Kier molecular flexibility index (Phi) is 3.84. The third-order valence-electron chi connectivity index (χ3n) is 1.84. The monoisotopic (exact) mass is 283 g/mol. The van der Waals surface area contributed by atoms with Crippen LogP contribution in [0, 0.1) is 11.3 Å². The maximum atomic E-state index is 8.38. The van der Waals surface area contributed by atoms with Gasteiger partial charge in [0.25, 0.3) is 0 Å². The third-order valence-corrected chi connectivity index (χ3v) is 2.33. The zero-order chi connectivity index (χ0) is 13.0. The lowest BCUT2D eigenvalue weighted by Crippen LogP contribution is -2.45. The highest BCUT2D eigenvalue weighted by molar-refractivity contribution is 6.35. The van der Waals surface area contributed by atoms with Gasteiger partial charge in [0.2, 0.25) is 0 Å². The van der Waals surface area contributed by atoms with Crippen molar-refractivity contribution in [3.8, 4) is 6.07 Å². The van der Waals surface area contributed by atoms with E-state index in [0.717, 1.165) is 0 Å². The first kappa shape index (κ1) is 12.4. The summed E-state index contributed by atoms with van der Waals surface area (Å²) in [4.78, 5) is 4.01. The molecule has 2 heterocycles. The van der Waals surface area contributed by atoms with Gasteiger partial charge in [-0.15, -0.1) is 5.10 Å². The van der Waals surface area contributed by atoms with Gasteiger partial charge in [-0.1, -0.05) is 23.2 Å². The van der Waals surface area contributed by atoms with Gasteiger partial charge in [0, 0.05) is 12.3 Å². The fraction of sp³-hybridized carbons (Fsp3) is 0. The van der Waals surface area contributed by atoms with Crippen LogP contribution >= 0.6 is 23.2 Å². The molecule has 0 bridgehead atoms. The number of nitrogens with zero attached hydrogens (tertiary/aromatic N) is 4. The van der Waals surface area contributed by atoms with E-state index in [0.29, 0.717) is 21.7 Å². The second kappa shape index (κ2) is 5.55. The Morgan fingerprint density at radius 1 is 1.50 bits per heavy atom. The fourth-order valence-corrected chi connectivity index (χ4v) is 1.54. The molecule has 0 fully saturated rings. The Morgan fingerprint density at radius 3 is 3.06 bits per heavy atom. The smallest absolute Gasteiger partial charge is 0.165 e. The number of anilines is 1. The molecule has 0 aliphatic carbocycles. The first-order valence-corrected chi connectivity index (χ1v) is 5.48. The molecule has 0 atom stereocenters. The van der Waals surface area contributed by atoms with Crippen molar-refractivity contribution < 1.29 is 0 Å². The molecule has 2 rings (SSSR count). The van der Waals surface area contributed by atoms with Crippen molar-refractivity contribution in [2.24, 2.45) is 5.10 Å². The van der Waals surface area contributed by atoms with Gasteiger partial charge >= 0.3 is 0 Å². The number of hydrogen-bond acceptors (Lipinski definition) is 7. The first-order chi connectivity index (χ1) is 8.69. The van der Waals surface area contributed by atoms with E-state index in [1.54, 1.807) is 6.07 Å². The summed E-state index contributed by atoms with van der Waals surface area (Å²) >= 11 is 11.7. The predicted octanol–water partition coefficient (Wildman–Crippen LogP) is 1.43. The second-order valence-corrected chi connectivity index (χ2v) is 3.95. The highest BCUT2D eigenvalue weighted by Gasteiger charge is 2.14. The normalized spacial score (nSPS) is 14.8. The Morgan fingerprint density at radius 2 is 2.33 bits per heavy atom. The third kappa shape index (κ3) is 3.01. The number of halogens is 2. The van der Waals surface area contributed by atoms with Crippen molar-refractivity contribution in [2.45, 2.75) is 0 Å². The Labute approximate surface area is 113 Å². The molecule has 0 aromatic carbocycles. The highest BCUT2D eigenvalue weighted by atomic mass is 35.5. The van der Waals surface area contributed by atoms with E-state index < -0.39 is 0 Å². The summed E-state index contributed by atoms with van der Waals surface area (Å²) in [6.45, 7) is 0. The number of pyridine rings is 1. The fourth-order valence-electron chi connectivity index (χ4n) is 1.11. The van der Waals surface area contributed by atoms with Crippen LogP contribution in [-0.2, 0) is 0 Å². The van der Waals surface area contributed by atoms with Gasteiger partial charge in [0.15, 0.2) is 11.7 Å². The molecule has 0 radical (unpaired) electrons. The second-order valence-electron chi connectivity index (χ2n) is 3.10. The van der Waals surface area contributed by atoms with Crippen LogP contribution in [0.4, 0.5) is 5.82 Å². The maximum absolute atomic E-state index is 8.38. The number of allylic oxidation sites excluding steroid dienone is 1. The molecule has 0 saturated carbocycles. The lowest BCUT2D eigenvalue weighted by Gasteiger charge is -2.17. The summed E-state index contributed by atoms with van der Waals surface area (Å²) in [6, 6.07) is 3.42. The molecule has 1 aromatic heterocycles. The molecule has 1 aromatic rings. The van der Waals surface area contributed by atoms with Gasteiger partial charge in [0.05, 0.1) is 16.1 Å². The van der Waals surface area contributed by atoms with Crippen molar-refractivity contribution in [3.05, 3.63) is 34.5 Å². The standard InChI is InChI=1S/C9H7Cl2N7/c10-6-4-7(11)9(13-5-6)16-18-15-8(14-17-18)2-1-3-12/h1-2,4-5,17H,(H,13,16)(H,14,15). The molecule has 0 amide bonds. The number of aromatic nitrogens is 1. The van der Waals surface area contributed by atoms with E-state index in [4.69, 9.17) is 28.5 Å². The van der Waals surface area contributed by atoms with Crippen molar-refractivity contribution >= 4 is 34.9 Å². The molecule has 0 saturated heterocycles. The molecule has 0 unspecified atom stereocenters. The summed E-state index contributed by atoms with van der Waals surface area (Å²) in [7, 11) is 0. The van der Waals surface area contributed by atoms with Crippen LogP contribution in [0.5, 0.6) is 0 Å². The summed E-state index contributed by atoms with van der Waals surface area (Å²) in [5, 5.41) is 14.4. The highest BCUT2D eigenvalue weighted by Crippen LogP contribution is 2.22. The zero-order valence-corrected chi connectivity index (χ0v) is 10.4. The predicted molar refractivity (Wildman–Crippen MR) is 68.2 cm³/mol. The van der Waals surface area contributed by atoms with Crippen LogP contribution in [0.25, 0.3) is 0 Å². The number of hydrazine groups is 3. The maximum Gasteiger partial charge on any atom is 0.165 e. The summed E-state index contributed by atoms with van der Waals surface area (Å²) in [5.41, 5.74) is 8.24. The van der Waals surface area contributed by atoms with E-state index >= 15 is 0 Å². The van der Waals surface area contributed by atoms with Crippen molar-refractivity contribution in [3.63, 3.8) is 0 Å². The first-order valence-electron chi connectivity index (χ1n) is 4.73. The molecular weight excluding hydrogens is 277 g/mol. The van der Waals surface area contributed by atoms with E-state index in [9.17, 15) is 0 Å². The average Bonchev–Trinajstić information content (AvgIpc) is 2.78. The number of hydrogen-bond donors (Lipinski definition) is 3. The van der Waals surface area contributed by atoms with Crippen LogP contribution in [0.3, 0.4) is 0 Å². The zero-order valence-electron chi connectivity index (χ0n) is 8.85. The van der Waals surface area contributed by atoms with Crippen molar-refractivity contribution in [1.29, 1.82) is 5.26 Å². The quantitative estimate of drug-likeness (QED) is 0.728. The van der Waals surface area contributed by atoms with Gasteiger partial charge in [0.1, 0.15) is 0 Å². The molecule has 9 heteroatoms.